The molecule has 0 heterocycles. The number of sulfonamides is 1. The first-order valence-electron chi connectivity index (χ1n) is 6.33. The average molecular weight is 290 g/mol. The third-order valence-electron chi connectivity index (χ3n) is 2.99. The minimum atomic E-state index is -3.61. The molecule has 0 atom stereocenters. The summed E-state index contributed by atoms with van der Waals surface area (Å²) in [5, 5.41) is 8.38. The molecular formula is C15H18N2O2S. The number of nitrogens with two attached hydrogens (primary N) is 1. The summed E-state index contributed by atoms with van der Waals surface area (Å²) in [7, 11) is -3.61. The summed E-state index contributed by atoms with van der Waals surface area (Å²) < 4.78 is 22.3. The van der Waals surface area contributed by atoms with Gasteiger partial charge in [-0.15, -0.1) is 0 Å². The number of hydrogen-bond acceptors (Lipinski definition) is 3. The van der Waals surface area contributed by atoms with Gasteiger partial charge in [0.05, 0.1) is 4.90 Å². The Kier molecular flexibility index (Phi) is 4.54. The second-order valence-electron chi connectivity index (χ2n) is 4.78. The summed E-state index contributed by atoms with van der Waals surface area (Å²) >= 11 is 0. The Labute approximate surface area is 119 Å². The summed E-state index contributed by atoms with van der Waals surface area (Å²) in [5.41, 5.74) is 3.48. The highest BCUT2D eigenvalue weighted by atomic mass is 32.2. The first-order valence-corrected chi connectivity index (χ1v) is 7.88. The van der Waals surface area contributed by atoms with Crippen molar-refractivity contribution in [2.75, 3.05) is 0 Å². The van der Waals surface area contributed by atoms with Crippen molar-refractivity contribution in [1.29, 1.82) is 0 Å². The van der Waals surface area contributed by atoms with E-state index in [4.69, 9.17) is 5.14 Å². The molecule has 0 aromatic heterocycles. The maximum absolute atomic E-state index is 11.1. The topological polar surface area (TPSA) is 72.2 Å². The van der Waals surface area contributed by atoms with Crippen LogP contribution >= 0.6 is 0 Å². The van der Waals surface area contributed by atoms with E-state index in [1.165, 1.54) is 23.3 Å². The van der Waals surface area contributed by atoms with Gasteiger partial charge in [-0.1, -0.05) is 42.0 Å². The van der Waals surface area contributed by atoms with Crippen LogP contribution in [-0.4, -0.2) is 8.42 Å². The molecule has 0 saturated heterocycles. The Bertz CT molecular complexity index is 679. The van der Waals surface area contributed by atoms with E-state index in [1.807, 2.05) is 6.07 Å². The van der Waals surface area contributed by atoms with Gasteiger partial charge >= 0.3 is 0 Å². The van der Waals surface area contributed by atoms with Gasteiger partial charge in [0, 0.05) is 13.1 Å². The van der Waals surface area contributed by atoms with Crippen molar-refractivity contribution < 1.29 is 8.42 Å². The molecule has 2 aromatic rings. The van der Waals surface area contributed by atoms with Crippen molar-refractivity contribution in [3.63, 3.8) is 0 Å². The fourth-order valence-corrected chi connectivity index (χ4v) is 2.49. The summed E-state index contributed by atoms with van der Waals surface area (Å²) in [6.45, 7) is 3.52. The molecule has 0 bridgehead atoms. The maximum Gasteiger partial charge on any atom is 0.238 e. The smallest absolute Gasteiger partial charge is 0.238 e. The fraction of sp³-hybridized carbons (Fsp3) is 0.200. The SMILES string of the molecule is Cc1cccc(CNCc2ccc(S(N)(=O)=O)cc2)c1. The lowest BCUT2D eigenvalue weighted by molar-refractivity contribution is 0.597. The van der Waals surface area contributed by atoms with Crippen LogP contribution in [0, 0.1) is 6.92 Å². The molecule has 0 saturated carbocycles. The molecule has 0 unspecified atom stereocenters. The molecule has 106 valence electrons. The Morgan fingerprint density at radius 3 is 2.25 bits per heavy atom. The van der Waals surface area contributed by atoms with E-state index in [2.05, 4.69) is 30.4 Å². The van der Waals surface area contributed by atoms with Crippen LogP contribution in [0.5, 0.6) is 0 Å². The summed E-state index contributed by atoms with van der Waals surface area (Å²) in [6.07, 6.45) is 0. The van der Waals surface area contributed by atoms with Gasteiger partial charge in [-0.05, 0) is 30.2 Å². The van der Waals surface area contributed by atoms with Crippen LogP contribution in [-0.2, 0) is 23.1 Å². The third kappa shape index (κ3) is 4.16. The highest BCUT2D eigenvalue weighted by Crippen LogP contribution is 2.09. The van der Waals surface area contributed by atoms with Gasteiger partial charge in [-0.25, -0.2) is 13.6 Å². The van der Waals surface area contributed by atoms with Crippen molar-refractivity contribution in [3.05, 3.63) is 65.2 Å². The van der Waals surface area contributed by atoms with Crippen LogP contribution in [0.25, 0.3) is 0 Å². The van der Waals surface area contributed by atoms with Crippen molar-refractivity contribution in [3.8, 4) is 0 Å². The number of hydrogen-bond donors (Lipinski definition) is 2. The van der Waals surface area contributed by atoms with Crippen molar-refractivity contribution in [1.82, 2.24) is 5.32 Å². The van der Waals surface area contributed by atoms with Crippen molar-refractivity contribution in [2.45, 2.75) is 24.9 Å². The van der Waals surface area contributed by atoms with Gasteiger partial charge in [0.25, 0.3) is 0 Å². The number of aryl methyl sites for hydroxylation is 1. The molecule has 0 aliphatic heterocycles. The molecule has 5 heteroatoms. The average Bonchev–Trinajstić information content (AvgIpc) is 2.38. The normalized spacial score (nSPS) is 11.5. The molecule has 20 heavy (non-hydrogen) atoms. The predicted octanol–water partition coefficient (Wildman–Crippen LogP) is 1.93. The zero-order valence-electron chi connectivity index (χ0n) is 11.3. The fourth-order valence-electron chi connectivity index (χ4n) is 1.97. The number of nitrogens with one attached hydrogen (secondary N) is 1. The highest BCUT2D eigenvalue weighted by molar-refractivity contribution is 7.89. The van der Waals surface area contributed by atoms with Crippen LogP contribution in [0.15, 0.2) is 53.4 Å². The molecule has 2 aromatic carbocycles. The van der Waals surface area contributed by atoms with Crippen molar-refractivity contribution in [2.24, 2.45) is 5.14 Å². The molecule has 3 N–H and O–H groups in total. The van der Waals surface area contributed by atoms with E-state index in [0.717, 1.165) is 12.1 Å². The monoisotopic (exact) mass is 290 g/mol. The van der Waals surface area contributed by atoms with Gasteiger partial charge in [0.1, 0.15) is 0 Å². The summed E-state index contributed by atoms with van der Waals surface area (Å²) in [5.74, 6) is 0. The molecular weight excluding hydrogens is 272 g/mol. The molecule has 2 rings (SSSR count). The van der Waals surface area contributed by atoms with Crippen molar-refractivity contribution >= 4 is 10.0 Å². The van der Waals surface area contributed by atoms with Gasteiger partial charge in [-0.2, -0.15) is 0 Å². The van der Waals surface area contributed by atoms with E-state index < -0.39 is 10.0 Å². The first kappa shape index (κ1) is 14.7. The van der Waals surface area contributed by atoms with Gasteiger partial charge < -0.3 is 5.32 Å². The summed E-state index contributed by atoms with van der Waals surface area (Å²) in [4.78, 5) is 0.139. The predicted molar refractivity (Wildman–Crippen MR) is 79.5 cm³/mol. The van der Waals surface area contributed by atoms with Gasteiger partial charge in [-0.3, -0.25) is 0 Å². The minimum absolute atomic E-state index is 0.139. The first-order chi connectivity index (χ1) is 9.45. The van der Waals surface area contributed by atoms with E-state index in [9.17, 15) is 8.42 Å². The molecule has 4 nitrogen and oxygen atoms in total. The number of rotatable bonds is 5. The maximum atomic E-state index is 11.1. The molecule has 0 radical (unpaired) electrons. The summed E-state index contributed by atoms with van der Waals surface area (Å²) in [6, 6.07) is 14.9. The van der Waals surface area contributed by atoms with E-state index >= 15 is 0 Å². The zero-order valence-corrected chi connectivity index (χ0v) is 12.2. The lowest BCUT2D eigenvalue weighted by atomic mass is 10.1. The minimum Gasteiger partial charge on any atom is -0.309 e. The zero-order chi connectivity index (χ0) is 14.6. The van der Waals surface area contributed by atoms with Crippen LogP contribution in [0.4, 0.5) is 0 Å². The molecule has 0 aliphatic carbocycles. The number of benzene rings is 2. The standard InChI is InChI=1S/C15H18N2O2S/c1-12-3-2-4-14(9-12)11-17-10-13-5-7-15(8-6-13)20(16,18)19/h2-9,17H,10-11H2,1H3,(H2,16,18,19). The second-order valence-corrected chi connectivity index (χ2v) is 6.34. The molecule has 0 amide bonds. The second kappa shape index (κ2) is 6.17. The van der Waals surface area contributed by atoms with Crippen LogP contribution in [0.1, 0.15) is 16.7 Å². The Balaban J connectivity index is 1.92. The lowest BCUT2D eigenvalue weighted by Gasteiger charge is -2.06. The van der Waals surface area contributed by atoms with Crippen LogP contribution in [0.2, 0.25) is 0 Å². The Morgan fingerprint density at radius 2 is 1.65 bits per heavy atom. The Hall–Kier alpha value is -1.69. The lowest BCUT2D eigenvalue weighted by Crippen LogP contribution is -2.14. The largest absolute Gasteiger partial charge is 0.309 e. The molecule has 0 aliphatic rings. The molecule has 0 spiro atoms. The number of primary sulfonamides is 1. The van der Waals surface area contributed by atoms with Gasteiger partial charge in [0.2, 0.25) is 10.0 Å². The molecule has 0 fully saturated rings. The highest BCUT2D eigenvalue weighted by Gasteiger charge is 2.06. The van der Waals surface area contributed by atoms with Crippen LogP contribution < -0.4 is 10.5 Å². The van der Waals surface area contributed by atoms with E-state index in [1.54, 1.807) is 12.1 Å². The third-order valence-corrected chi connectivity index (χ3v) is 3.92. The van der Waals surface area contributed by atoms with Gasteiger partial charge in [0.15, 0.2) is 0 Å². The van der Waals surface area contributed by atoms with E-state index in [0.29, 0.717) is 6.54 Å². The van der Waals surface area contributed by atoms with E-state index in [-0.39, 0.29) is 4.90 Å². The van der Waals surface area contributed by atoms with Crippen LogP contribution in [0.3, 0.4) is 0 Å². The quantitative estimate of drug-likeness (QED) is 0.884. The Morgan fingerprint density at radius 1 is 1.00 bits per heavy atom.